The smallest absolute Gasteiger partial charge is 0.255 e. The molecule has 3 aromatic rings. The zero-order valence-corrected chi connectivity index (χ0v) is 15.0. The van der Waals surface area contributed by atoms with Crippen LogP contribution in [0, 0.1) is 0 Å². The van der Waals surface area contributed by atoms with E-state index in [0.717, 1.165) is 0 Å². The van der Waals surface area contributed by atoms with E-state index in [9.17, 15) is 9.59 Å². The van der Waals surface area contributed by atoms with E-state index in [-0.39, 0.29) is 11.8 Å². The van der Waals surface area contributed by atoms with Gasteiger partial charge in [-0.05, 0) is 72.8 Å². The minimum Gasteiger partial charge on any atom is -0.322 e. The molecule has 3 aromatic carbocycles. The SMILES string of the molecule is O=C(Nc1ccc(NC(=O)c2ccc(Cl)cc2)cc1)c1ccc(Cl)cc1. The minimum absolute atomic E-state index is 0.236. The van der Waals surface area contributed by atoms with E-state index in [1.807, 2.05) is 0 Å². The van der Waals surface area contributed by atoms with E-state index in [1.54, 1.807) is 72.8 Å². The molecule has 0 unspecified atom stereocenters. The summed E-state index contributed by atoms with van der Waals surface area (Å²) in [5, 5.41) is 6.72. The third-order valence-electron chi connectivity index (χ3n) is 3.61. The van der Waals surface area contributed by atoms with Gasteiger partial charge in [0.25, 0.3) is 11.8 Å². The third-order valence-corrected chi connectivity index (χ3v) is 4.12. The normalized spacial score (nSPS) is 10.2. The number of carbonyl (C=O) groups is 2. The topological polar surface area (TPSA) is 58.2 Å². The molecule has 6 heteroatoms. The van der Waals surface area contributed by atoms with Gasteiger partial charge in [0.1, 0.15) is 0 Å². The lowest BCUT2D eigenvalue weighted by atomic mass is 10.2. The Morgan fingerprint density at radius 3 is 1.15 bits per heavy atom. The van der Waals surface area contributed by atoms with Crippen molar-refractivity contribution in [1.82, 2.24) is 0 Å². The summed E-state index contributed by atoms with van der Waals surface area (Å²) >= 11 is 11.6. The van der Waals surface area contributed by atoms with E-state index in [0.29, 0.717) is 32.5 Å². The molecule has 26 heavy (non-hydrogen) atoms. The molecule has 0 atom stereocenters. The van der Waals surface area contributed by atoms with Crippen molar-refractivity contribution < 1.29 is 9.59 Å². The van der Waals surface area contributed by atoms with Crippen molar-refractivity contribution in [3.05, 3.63) is 94.0 Å². The standard InChI is InChI=1S/C20H14Cl2N2O2/c21-15-5-1-13(2-6-15)19(25)23-17-9-11-18(12-10-17)24-20(26)14-3-7-16(22)8-4-14/h1-12H,(H,23,25)(H,24,26). The number of anilines is 2. The van der Waals surface area contributed by atoms with Crippen molar-refractivity contribution in [1.29, 1.82) is 0 Å². The molecule has 3 rings (SSSR count). The van der Waals surface area contributed by atoms with E-state index in [2.05, 4.69) is 10.6 Å². The first kappa shape index (κ1) is 18.0. The largest absolute Gasteiger partial charge is 0.322 e. The summed E-state index contributed by atoms with van der Waals surface area (Å²) in [6.45, 7) is 0. The molecule has 0 bridgehead atoms. The highest BCUT2D eigenvalue weighted by Gasteiger charge is 2.08. The number of amides is 2. The Labute approximate surface area is 160 Å². The van der Waals surface area contributed by atoms with Gasteiger partial charge < -0.3 is 10.6 Å². The van der Waals surface area contributed by atoms with Gasteiger partial charge >= 0.3 is 0 Å². The first-order chi connectivity index (χ1) is 12.5. The number of hydrogen-bond donors (Lipinski definition) is 2. The molecule has 0 fully saturated rings. The van der Waals surface area contributed by atoms with Gasteiger partial charge in [-0.3, -0.25) is 9.59 Å². The fraction of sp³-hybridized carbons (Fsp3) is 0. The average molecular weight is 385 g/mol. The van der Waals surface area contributed by atoms with Crippen molar-refractivity contribution in [2.75, 3.05) is 10.6 Å². The predicted molar refractivity (Wildman–Crippen MR) is 105 cm³/mol. The zero-order chi connectivity index (χ0) is 18.5. The van der Waals surface area contributed by atoms with Gasteiger partial charge in [-0.25, -0.2) is 0 Å². The molecule has 0 aliphatic carbocycles. The van der Waals surface area contributed by atoms with Crippen LogP contribution < -0.4 is 10.6 Å². The van der Waals surface area contributed by atoms with Gasteiger partial charge in [0.2, 0.25) is 0 Å². The van der Waals surface area contributed by atoms with Crippen LogP contribution in [0.15, 0.2) is 72.8 Å². The van der Waals surface area contributed by atoms with Crippen molar-refractivity contribution in [2.45, 2.75) is 0 Å². The number of rotatable bonds is 4. The lowest BCUT2D eigenvalue weighted by Crippen LogP contribution is -2.13. The molecule has 0 heterocycles. The second-order valence-electron chi connectivity index (χ2n) is 5.50. The Bertz CT molecular complexity index is 843. The van der Waals surface area contributed by atoms with Crippen LogP contribution in [0.2, 0.25) is 10.0 Å². The van der Waals surface area contributed by atoms with E-state index < -0.39 is 0 Å². The van der Waals surface area contributed by atoms with Crippen molar-refractivity contribution in [3.63, 3.8) is 0 Å². The molecule has 130 valence electrons. The van der Waals surface area contributed by atoms with Crippen LogP contribution in [-0.4, -0.2) is 11.8 Å². The van der Waals surface area contributed by atoms with E-state index in [1.165, 1.54) is 0 Å². The highest BCUT2D eigenvalue weighted by Crippen LogP contribution is 2.17. The quantitative estimate of drug-likeness (QED) is 0.623. The summed E-state index contributed by atoms with van der Waals surface area (Å²) in [4.78, 5) is 24.3. The predicted octanol–water partition coefficient (Wildman–Crippen LogP) is 5.50. The number of halogens is 2. The molecule has 0 saturated heterocycles. The highest BCUT2D eigenvalue weighted by atomic mass is 35.5. The zero-order valence-electron chi connectivity index (χ0n) is 13.5. The van der Waals surface area contributed by atoms with Crippen LogP contribution >= 0.6 is 23.2 Å². The highest BCUT2D eigenvalue weighted by molar-refractivity contribution is 6.31. The van der Waals surface area contributed by atoms with Gasteiger partial charge in [0.15, 0.2) is 0 Å². The summed E-state index contributed by atoms with van der Waals surface area (Å²) in [5.74, 6) is -0.473. The number of hydrogen-bond acceptors (Lipinski definition) is 2. The van der Waals surface area contributed by atoms with E-state index in [4.69, 9.17) is 23.2 Å². The molecular formula is C20H14Cl2N2O2. The van der Waals surface area contributed by atoms with Gasteiger partial charge in [-0.15, -0.1) is 0 Å². The Kier molecular flexibility index (Phi) is 5.56. The maximum Gasteiger partial charge on any atom is 0.255 e. The number of nitrogens with one attached hydrogen (secondary N) is 2. The molecule has 4 nitrogen and oxygen atoms in total. The van der Waals surface area contributed by atoms with Crippen LogP contribution in [0.25, 0.3) is 0 Å². The fourth-order valence-corrected chi connectivity index (χ4v) is 2.50. The van der Waals surface area contributed by atoms with Crippen LogP contribution in [0.1, 0.15) is 20.7 Å². The Balaban J connectivity index is 1.62. The number of benzene rings is 3. The average Bonchev–Trinajstić information content (AvgIpc) is 2.64. The van der Waals surface area contributed by atoms with Gasteiger partial charge in [-0.2, -0.15) is 0 Å². The molecular weight excluding hydrogens is 371 g/mol. The monoisotopic (exact) mass is 384 g/mol. The molecule has 0 radical (unpaired) electrons. The summed E-state index contributed by atoms with van der Waals surface area (Å²) in [7, 11) is 0. The summed E-state index contributed by atoms with van der Waals surface area (Å²) < 4.78 is 0. The van der Waals surface area contributed by atoms with Gasteiger partial charge in [-0.1, -0.05) is 23.2 Å². The second kappa shape index (κ2) is 8.04. The molecule has 0 aliphatic heterocycles. The molecule has 0 aromatic heterocycles. The van der Waals surface area contributed by atoms with Crippen LogP contribution in [0.3, 0.4) is 0 Å². The van der Waals surface area contributed by atoms with E-state index >= 15 is 0 Å². The third kappa shape index (κ3) is 4.63. The maximum absolute atomic E-state index is 12.2. The summed E-state index contributed by atoms with van der Waals surface area (Å²) in [5.41, 5.74) is 2.26. The minimum atomic E-state index is -0.236. The molecule has 2 N–H and O–H groups in total. The van der Waals surface area contributed by atoms with Crippen molar-refractivity contribution in [2.24, 2.45) is 0 Å². The first-order valence-corrected chi connectivity index (χ1v) is 8.51. The van der Waals surface area contributed by atoms with Crippen LogP contribution in [0.5, 0.6) is 0 Å². The Hall–Kier alpha value is -2.82. The molecule has 0 aliphatic rings. The van der Waals surface area contributed by atoms with Crippen LogP contribution in [0.4, 0.5) is 11.4 Å². The van der Waals surface area contributed by atoms with Crippen molar-refractivity contribution in [3.8, 4) is 0 Å². The van der Waals surface area contributed by atoms with Crippen molar-refractivity contribution >= 4 is 46.4 Å². The molecule has 2 amide bonds. The van der Waals surface area contributed by atoms with Gasteiger partial charge in [0, 0.05) is 32.5 Å². The lowest BCUT2D eigenvalue weighted by molar-refractivity contribution is 0.101. The number of carbonyl (C=O) groups excluding carboxylic acids is 2. The molecule has 0 saturated carbocycles. The lowest BCUT2D eigenvalue weighted by Gasteiger charge is -2.08. The first-order valence-electron chi connectivity index (χ1n) is 7.75. The summed E-state index contributed by atoms with van der Waals surface area (Å²) in [6, 6.07) is 20.1. The Morgan fingerprint density at radius 2 is 0.846 bits per heavy atom. The van der Waals surface area contributed by atoms with Crippen LogP contribution in [-0.2, 0) is 0 Å². The maximum atomic E-state index is 12.2. The fourth-order valence-electron chi connectivity index (χ4n) is 2.25. The molecule has 0 spiro atoms. The Morgan fingerprint density at radius 1 is 0.538 bits per heavy atom. The second-order valence-corrected chi connectivity index (χ2v) is 6.37. The summed E-state index contributed by atoms with van der Waals surface area (Å²) in [6.07, 6.45) is 0. The van der Waals surface area contributed by atoms with Gasteiger partial charge in [0.05, 0.1) is 0 Å².